The molecule has 0 radical (unpaired) electrons. The van der Waals surface area contributed by atoms with E-state index in [4.69, 9.17) is 5.73 Å². The normalized spacial score (nSPS) is 21.3. The molecule has 3 heterocycles. The zero-order valence-corrected chi connectivity index (χ0v) is 15.3. The summed E-state index contributed by atoms with van der Waals surface area (Å²) in [5.41, 5.74) is 6.97. The predicted octanol–water partition coefficient (Wildman–Crippen LogP) is 2.60. The van der Waals surface area contributed by atoms with E-state index >= 15 is 0 Å². The molecule has 5 nitrogen and oxygen atoms in total. The number of likely N-dealkylation sites (tertiary alicyclic amines) is 1. The Morgan fingerprint density at radius 2 is 2.26 bits per heavy atom. The molecular formula is C16H22N4OS2. The van der Waals surface area contributed by atoms with Crippen LogP contribution in [0.2, 0.25) is 0 Å². The van der Waals surface area contributed by atoms with Crippen molar-refractivity contribution in [3.05, 3.63) is 16.8 Å². The molecule has 124 valence electrons. The third kappa shape index (κ3) is 3.22. The van der Waals surface area contributed by atoms with Crippen molar-refractivity contribution in [1.29, 1.82) is 0 Å². The second-order valence-electron chi connectivity index (χ2n) is 6.16. The maximum atomic E-state index is 12.5. The molecule has 1 fully saturated rings. The van der Waals surface area contributed by atoms with E-state index in [1.165, 1.54) is 22.2 Å². The lowest BCUT2D eigenvalue weighted by atomic mass is 10.1. The van der Waals surface area contributed by atoms with Crippen molar-refractivity contribution in [1.82, 2.24) is 14.9 Å². The first kappa shape index (κ1) is 16.7. The van der Waals surface area contributed by atoms with E-state index in [0.29, 0.717) is 18.2 Å². The van der Waals surface area contributed by atoms with Gasteiger partial charge < -0.3 is 10.6 Å². The Hall–Kier alpha value is -1.18. The molecule has 1 aliphatic heterocycles. The molecule has 2 atom stereocenters. The van der Waals surface area contributed by atoms with Crippen LogP contribution < -0.4 is 5.73 Å². The average molecular weight is 351 g/mol. The van der Waals surface area contributed by atoms with Gasteiger partial charge in [0.2, 0.25) is 5.91 Å². The molecule has 0 saturated carbocycles. The molecule has 2 aromatic rings. The Kier molecular flexibility index (Phi) is 4.89. The highest BCUT2D eigenvalue weighted by atomic mass is 32.2. The summed E-state index contributed by atoms with van der Waals surface area (Å²) in [6.07, 6.45) is 2.60. The molecule has 2 aromatic heterocycles. The monoisotopic (exact) mass is 350 g/mol. The van der Waals surface area contributed by atoms with E-state index in [-0.39, 0.29) is 11.9 Å². The first-order chi connectivity index (χ1) is 11.0. The fraction of sp³-hybridized carbons (Fsp3) is 0.562. The van der Waals surface area contributed by atoms with Gasteiger partial charge in [0.1, 0.15) is 16.2 Å². The summed E-state index contributed by atoms with van der Waals surface area (Å²) in [5, 5.41) is 2.01. The van der Waals surface area contributed by atoms with Crippen molar-refractivity contribution in [2.24, 2.45) is 11.7 Å². The summed E-state index contributed by atoms with van der Waals surface area (Å²) < 4.78 is 0. The molecule has 2 N–H and O–H groups in total. The van der Waals surface area contributed by atoms with Gasteiger partial charge in [0, 0.05) is 22.8 Å². The minimum Gasteiger partial charge on any atom is -0.339 e. The van der Waals surface area contributed by atoms with Crippen LogP contribution in [-0.4, -0.2) is 45.7 Å². The second kappa shape index (κ2) is 6.75. The van der Waals surface area contributed by atoms with Crippen molar-refractivity contribution in [3.63, 3.8) is 0 Å². The number of carbonyl (C=O) groups is 1. The van der Waals surface area contributed by atoms with Crippen LogP contribution in [0.25, 0.3) is 10.2 Å². The maximum absolute atomic E-state index is 12.5. The van der Waals surface area contributed by atoms with Gasteiger partial charge in [-0.2, -0.15) is 0 Å². The molecule has 1 aliphatic rings. The lowest BCUT2D eigenvalue weighted by Gasteiger charge is -2.21. The number of nitrogens with two attached hydrogens (primary N) is 1. The highest BCUT2D eigenvalue weighted by Crippen LogP contribution is 2.34. The number of amides is 1. The summed E-state index contributed by atoms with van der Waals surface area (Å²) in [7, 11) is 0. The molecule has 23 heavy (non-hydrogen) atoms. The summed E-state index contributed by atoms with van der Waals surface area (Å²) >= 11 is 3.20. The molecule has 1 amide bonds. The molecular weight excluding hydrogens is 328 g/mol. The summed E-state index contributed by atoms with van der Waals surface area (Å²) in [5.74, 6) is 1.03. The van der Waals surface area contributed by atoms with Crippen molar-refractivity contribution in [2.75, 3.05) is 18.8 Å². The zero-order valence-electron chi connectivity index (χ0n) is 13.7. The molecule has 2 unspecified atom stereocenters. The van der Waals surface area contributed by atoms with Crippen molar-refractivity contribution >= 4 is 39.2 Å². The van der Waals surface area contributed by atoms with Gasteiger partial charge >= 0.3 is 0 Å². The average Bonchev–Trinajstić information content (AvgIpc) is 3.06. The highest BCUT2D eigenvalue weighted by molar-refractivity contribution is 8.00. The number of thioether (sulfide) groups is 1. The quantitative estimate of drug-likeness (QED) is 0.678. The Bertz CT molecular complexity index is 730. The predicted molar refractivity (Wildman–Crippen MR) is 95.9 cm³/mol. The fourth-order valence-corrected chi connectivity index (χ4v) is 5.14. The van der Waals surface area contributed by atoms with E-state index in [1.54, 1.807) is 17.7 Å². The molecule has 0 spiro atoms. The standard InChI is InChI=1S/C16H22N4OS2/c1-9-4-12(5-17)6-20(9)13(21)7-22-15-14-10(2)11(3)23-16(14)19-8-18-15/h8-9,12H,4-7,17H2,1-3H3. The third-order valence-electron chi connectivity index (χ3n) is 4.58. The van der Waals surface area contributed by atoms with Crippen LogP contribution in [0, 0.1) is 19.8 Å². The molecule has 1 saturated heterocycles. The number of hydrogen-bond donors (Lipinski definition) is 1. The maximum Gasteiger partial charge on any atom is 0.233 e. The van der Waals surface area contributed by atoms with Gasteiger partial charge in [-0.3, -0.25) is 4.79 Å². The highest BCUT2D eigenvalue weighted by Gasteiger charge is 2.31. The van der Waals surface area contributed by atoms with Crippen LogP contribution in [0.3, 0.4) is 0 Å². The smallest absolute Gasteiger partial charge is 0.233 e. The number of fused-ring (bicyclic) bond motifs is 1. The number of thiophene rings is 1. The Balaban J connectivity index is 1.73. The van der Waals surface area contributed by atoms with E-state index in [0.717, 1.165) is 28.2 Å². The van der Waals surface area contributed by atoms with E-state index < -0.39 is 0 Å². The summed E-state index contributed by atoms with van der Waals surface area (Å²) in [6.45, 7) is 7.74. The van der Waals surface area contributed by atoms with Gasteiger partial charge in [0.15, 0.2) is 0 Å². The van der Waals surface area contributed by atoms with Crippen LogP contribution in [0.1, 0.15) is 23.8 Å². The number of hydrogen-bond acceptors (Lipinski definition) is 6. The lowest BCUT2D eigenvalue weighted by molar-refractivity contribution is -0.128. The first-order valence-electron chi connectivity index (χ1n) is 7.84. The van der Waals surface area contributed by atoms with E-state index in [9.17, 15) is 4.79 Å². The minimum absolute atomic E-state index is 0.176. The van der Waals surface area contributed by atoms with Gasteiger partial charge in [0.05, 0.1) is 5.75 Å². The van der Waals surface area contributed by atoms with Gasteiger partial charge in [-0.25, -0.2) is 9.97 Å². The summed E-state index contributed by atoms with van der Waals surface area (Å²) in [6, 6.07) is 0.284. The van der Waals surface area contributed by atoms with Crippen LogP contribution in [0.5, 0.6) is 0 Å². The van der Waals surface area contributed by atoms with Crippen molar-refractivity contribution in [2.45, 2.75) is 38.3 Å². The third-order valence-corrected chi connectivity index (χ3v) is 6.67. The minimum atomic E-state index is 0.176. The van der Waals surface area contributed by atoms with Crippen molar-refractivity contribution < 1.29 is 4.79 Å². The molecule has 0 bridgehead atoms. The fourth-order valence-electron chi connectivity index (χ4n) is 3.13. The molecule has 3 rings (SSSR count). The molecule has 7 heteroatoms. The number of nitrogens with zero attached hydrogens (tertiary/aromatic N) is 3. The molecule has 0 aliphatic carbocycles. The van der Waals surface area contributed by atoms with Crippen LogP contribution in [0.15, 0.2) is 11.4 Å². The van der Waals surface area contributed by atoms with Crippen molar-refractivity contribution in [3.8, 4) is 0 Å². The number of rotatable bonds is 4. The number of aromatic nitrogens is 2. The van der Waals surface area contributed by atoms with Gasteiger partial charge in [0.25, 0.3) is 0 Å². The van der Waals surface area contributed by atoms with Gasteiger partial charge in [-0.05, 0) is 45.2 Å². The topological polar surface area (TPSA) is 72.1 Å². The lowest BCUT2D eigenvalue weighted by Crippen LogP contribution is -2.35. The number of carbonyl (C=O) groups excluding carboxylic acids is 1. The van der Waals surface area contributed by atoms with Gasteiger partial charge in [-0.1, -0.05) is 11.8 Å². The first-order valence-corrected chi connectivity index (χ1v) is 9.64. The van der Waals surface area contributed by atoms with Crippen LogP contribution in [0.4, 0.5) is 0 Å². The Morgan fingerprint density at radius 3 is 2.96 bits per heavy atom. The van der Waals surface area contributed by atoms with Crippen LogP contribution in [-0.2, 0) is 4.79 Å². The molecule has 0 aromatic carbocycles. The number of aryl methyl sites for hydroxylation is 2. The zero-order chi connectivity index (χ0) is 16.6. The second-order valence-corrected chi connectivity index (χ2v) is 8.33. The SMILES string of the molecule is Cc1sc2ncnc(SCC(=O)N3CC(CN)CC3C)c2c1C. The Morgan fingerprint density at radius 1 is 1.48 bits per heavy atom. The summed E-state index contributed by atoms with van der Waals surface area (Å²) in [4.78, 5) is 25.5. The van der Waals surface area contributed by atoms with E-state index in [2.05, 4.69) is 30.7 Å². The van der Waals surface area contributed by atoms with Crippen LogP contribution >= 0.6 is 23.1 Å². The largest absolute Gasteiger partial charge is 0.339 e. The van der Waals surface area contributed by atoms with E-state index in [1.807, 2.05) is 4.90 Å². The van der Waals surface area contributed by atoms with Gasteiger partial charge in [-0.15, -0.1) is 11.3 Å². The Labute approximate surface area is 144 Å².